The van der Waals surface area contributed by atoms with Crippen molar-refractivity contribution in [2.24, 2.45) is 5.92 Å². The van der Waals surface area contributed by atoms with Crippen LogP contribution in [-0.4, -0.2) is 48.2 Å². The fraction of sp³-hybridized carbons (Fsp3) is 0.571. The van der Waals surface area contributed by atoms with Crippen molar-refractivity contribution in [3.8, 4) is 5.75 Å². The van der Waals surface area contributed by atoms with Gasteiger partial charge in [0.15, 0.2) is 0 Å². The van der Waals surface area contributed by atoms with Gasteiger partial charge in [-0.15, -0.1) is 0 Å². The van der Waals surface area contributed by atoms with Crippen LogP contribution in [0.4, 0.5) is 0 Å². The molecule has 1 heterocycles. The summed E-state index contributed by atoms with van der Waals surface area (Å²) >= 11 is 0. The minimum Gasteiger partial charge on any atom is -0.506 e. The van der Waals surface area contributed by atoms with E-state index in [-0.39, 0.29) is 35.0 Å². The van der Waals surface area contributed by atoms with Crippen molar-refractivity contribution < 1.29 is 39.0 Å². The molecule has 0 aromatic carbocycles. The Kier molecular flexibility index (Phi) is 7.48. The third-order valence-corrected chi connectivity index (χ3v) is 4.07. The predicted molar refractivity (Wildman–Crippen MR) is 86.6 cm³/mol. The van der Waals surface area contributed by atoms with Crippen LogP contribution in [0, 0.1) is 12.8 Å². The highest BCUT2D eigenvalue weighted by atomic mass is 31.2. The second-order valence-corrected chi connectivity index (χ2v) is 7.13. The van der Waals surface area contributed by atoms with Gasteiger partial charge in [-0.05, 0) is 12.8 Å². The summed E-state index contributed by atoms with van der Waals surface area (Å²) in [5.74, 6) is -1.83. The number of carboxylic acids is 1. The smallest absolute Gasteiger partial charge is 0.469 e. The van der Waals surface area contributed by atoms with Crippen LogP contribution in [0.1, 0.15) is 30.7 Å². The number of aliphatic carboxylic acids is 1. The number of pyridine rings is 1. The molecule has 0 saturated carbocycles. The molecule has 0 saturated heterocycles. The molecular weight excluding hydrogens is 355 g/mol. The normalized spacial score (nSPS) is 14.5. The molecule has 1 aromatic heterocycles. The van der Waals surface area contributed by atoms with Crippen molar-refractivity contribution >= 4 is 13.8 Å². The Morgan fingerprint density at radius 3 is 2.48 bits per heavy atom. The topological polar surface area (TPSA) is 169 Å². The zero-order valence-corrected chi connectivity index (χ0v) is 15.0. The van der Waals surface area contributed by atoms with E-state index in [1.807, 2.05) is 0 Å². The third-order valence-electron chi connectivity index (χ3n) is 3.61. The fourth-order valence-corrected chi connectivity index (χ4v) is 2.42. The van der Waals surface area contributed by atoms with Crippen molar-refractivity contribution in [2.75, 3.05) is 0 Å². The summed E-state index contributed by atoms with van der Waals surface area (Å²) in [6.45, 7) is 4.15. The highest BCUT2D eigenvalue weighted by molar-refractivity contribution is 7.46. The number of carbonyl (C=O) groups is 1. The van der Waals surface area contributed by atoms with Gasteiger partial charge in [0.25, 0.3) is 0 Å². The van der Waals surface area contributed by atoms with Crippen LogP contribution >= 0.6 is 7.82 Å². The lowest BCUT2D eigenvalue weighted by atomic mass is 9.99. The summed E-state index contributed by atoms with van der Waals surface area (Å²) in [6.07, 6.45) is 0.105. The van der Waals surface area contributed by atoms with E-state index in [1.165, 1.54) is 13.1 Å². The number of aliphatic hydroxyl groups excluding tert-OH is 1. The molecule has 25 heavy (non-hydrogen) atoms. The molecular formula is C14H23N2O8P. The Labute approximate surface area is 144 Å². The molecule has 1 aromatic rings. The monoisotopic (exact) mass is 378 g/mol. The number of phosphoric acid groups is 1. The average Bonchev–Trinajstić information content (AvgIpc) is 2.48. The van der Waals surface area contributed by atoms with Gasteiger partial charge in [0.05, 0.1) is 18.4 Å². The lowest BCUT2D eigenvalue weighted by Gasteiger charge is -2.24. The van der Waals surface area contributed by atoms with Crippen LogP contribution in [0.3, 0.4) is 0 Å². The number of aliphatic hydroxyl groups is 1. The van der Waals surface area contributed by atoms with Gasteiger partial charge < -0.3 is 25.1 Å². The van der Waals surface area contributed by atoms with E-state index in [9.17, 15) is 24.7 Å². The molecule has 0 spiro atoms. The first-order valence-corrected chi connectivity index (χ1v) is 8.97. The largest absolute Gasteiger partial charge is 0.506 e. The van der Waals surface area contributed by atoms with Crippen molar-refractivity contribution in [3.63, 3.8) is 0 Å². The highest BCUT2D eigenvalue weighted by Crippen LogP contribution is 2.38. The lowest BCUT2D eigenvalue weighted by Crippen LogP contribution is -2.48. The van der Waals surface area contributed by atoms with Crippen LogP contribution in [0.2, 0.25) is 0 Å². The molecule has 6 N–H and O–H groups in total. The van der Waals surface area contributed by atoms with Crippen LogP contribution in [0.5, 0.6) is 5.75 Å². The average molecular weight is 378 g/mol. The van der Waals surface area contributed by atoms with E-state index < -0.39 is 32.5 Å². The van der Waals surface area contributed by atoms with Crippen LogP contribution in [0.25, 0.3) is 0 Å². The van der Waals surface area contributed by atoms with Crippen LogP contribution in [-0.2, 0) is 27.0 Å². The zero-order chi connectivity index (χ0) is 19.4. The minimum atomic E-state index is -4.72. The maximum absolute atomic E-state index is 11.3. The van der Waals surface area contributed by atoms with Gasteiger partial charge in [-0.1, -0.05) is 13.8 Å². The fourth-order valence-electron chi connectivity index (χ4n) is 2.11. The van der Waals surface area contributed by atoms with Gasteiger partial charge in [-0.3, -0.25) is 19.6 Å². The first-order valence-electron chi connectivity index (χ1n) is 7.44. The van der Waals surface area contributed by atoms with Gasteiger partial charge >= 0.3 is 13.8 Å². The number of carboxylic acid groups (broad SMARTS) is 1. The summed E-state index contributed by atoms with van der Waals surface area (Å²) in [5, 5.41) is 32.0. The number of hydrogen-bond donors (Lipinski definition) is 6. The molecule has 10 nitrogen and oxygen atoms in total. The second kappa shape index (κ2) is 8.70. The summed E-state index contributed by atoms with van der Waals surface area (Å²) in [7, 11) is -4.72. The van der Waals surface area contributed by atoms with Crippen molar-refractivity contribution in [1.29, 1.82) is 0 Å². The first kappa shape index (κ1) is 21.5. The van der Waals surface area contributed by atoms with Crippen LogP contribution in [0.15, 0.2) is 6.20 Å². The number of aromatic nitrogens is 1. The van der Waals surface area contributed by atoms with E-state index in [1.54, 1.807) is 13.8 Å². The molecule has 0 aliphatic heterocycles. The minimum absolute atomic E-state index is 0.171. The molecule has 1 rings (SSSR count). The Hall–Kier alpha value is -1.55. The van der Waals surface area contributed by atoms with Crippen molar-refractivity contribution in [2.45, 2.75) is 46.1 Å². The summed E-state index contributed by atoms with van der Waals surface area (Å²) in [6, 6.07) is -1.29. The molecule has 142 valence electrons. The molecule has 2 atom stereocenters. The zero-order valence-electron chi connectivity index (χ0n) is 14.1. The van der Waals surface area contributed by atoms with Crippen molar-refractivity contribution in [1.82, 2.24) is 10.3 Å². The van der Waals surface area contributed by atoms with Crippen molar-refractivity contribution in [3.05, 3.63) is 23.0 Å². The second-order valence-electron chi connectivity index (χ2n) is 5.89. The number of aryl methyl sites for hydroxylation is 1. The van der Waals surface area contributed by atoms with Gasteiger partial charge in [0.2, 0.25) is 0 Å². The Morgan fingerprint density at radius 2 is 2.00 bits per heavy atom. The molecule has 0 amide bonds. The Morgan fingerprint density at radius 1 is 1.40 bits per heavy atom. The van der Waals surface area contributed by atoms with Crippen LogP contribution < -0.4 is 5.32 Å². The van der Waals surface area contributed by atoms with E-state index in [4.69, 9.17) is 9.79 Å². The molecule has 0 aliphatic rings. The molecule has 0 aliphatic carbocycles. The standard InChI is InChI=1S/C14H23N2O8P/c1-7(2)12(17)11(14(19)20)16-5-10-9(6-24-25(21,22)23)4-15-8(3)13(10)18/h4,7,11-12,16-18H,5-6H2,1-3H3,(H,19,20)(H2,21,22,23)/t11-,12-/m0/s1. The lowest BCUT2D eigenvalue weighted by molar-refractivity contribution is -0.143. The number of phosphoric ester groups is 1. The molecule has 0 bridgehead atoms. The number of hydrogen-bond acceptors (Lipinski definition) is 7. The maximum Gasteiger partial charge on any atom is 0.469 e. The van der Waals surface area contributed by atoms with Gasteiger partial charge in [0, 0.05) is 23.9 Å². The third kappa shape index (κ3) is 6.35. The van der Waals surface area contributed by atoms with E-state index in [0.717, 1.165) is 0 Å². The maximum atomic E-state index is 11.3. The summed E-state index contributed by atoms with van der Waals surface area (Å²) in [5.41, 5.74) is 0.623. The molecule has 0 radical (unpaired) electrons. The molecule has 0 unspecified atom stereocenters. The van der Waals surface area contributed by atoms with Gasteiger partial charge in [-0.2, -0.15) is 0 Å². The molecule has 0 fully saturated rings. The Bertz CT molecular complexity index is 660. The Balaban J connectivity index is 3.04. The number of rotatable bonds is 9. The van der Waals surface area contributed by atoms with E-state index in [0.29, 0.717) is 0 Å². The van der Waals surface area contributed by atoms with E-state index >= 15 is 0 Å². The quantitative estimate of drug-likeness (QED) is 0.328. The molecule has 11 heteroatoms. The number of nitrogens with one attached hydrogen (secondary N) is 1. The summed E-state index contributed by atoms with van der Waals surface area (Å²) < 4.78 is 15.3. The van der Waals surface area contributed by atoms with E-state index in [2.05, 4.69) is 14.8 Å². The highest BCUT2D eigenvalue weighted by Gasteiger charge is 2.29. The predicted octanol–water partition coefficient (Wildman–Crippen LogP) is 0.265. The van der Waals surface area contributed by atoms with Gasteiger partial charge in [-0.25, -0.2) is 4.57 Å². The number of nitrogens with zero attached hydrogens (tertiary/aromatic N) is 1. The first-order chi connectivity index (χ1) is 11.4. The number of aromatic hydroxyl groups is 1. The SMILES string of the molecule is Cc1ncc(COP(=O)(O)O)c(CN[C@H](C(=O)O)[C@@H](O)C(C)C)c1O. The summed E-state index contributed by atoms with van der Waals surface area (Å²) in [4.78, 5) is 32.8. The van der Waals surface area contributed by atoms with Gasteiger partial charge in [0.1, 0.15) is 11.8 Å².